The van der Waals surface area contributed by atoms with Crippen LogP contribution in [0.15, 0.2) is 53.0 Å². The van der Waals surface area contributed by atoms with E-state index in [1.54, 1.807) is 24.3 Å². The SMILES string of the molecule is COC(=O)C1Cc2cc(Br)ccc2N1C(=O)c1ccccc1. The summed E-state index contributed by atoms with van der Waals surface area (Å²) in [5.41, 5.74) is 2.26. The van der Waals surface area contributed by atoms with Gasteiger partial charge in [-0.3, -0.25) is 9.69 Å². The van der Waals surface area contributed by atoms with E-state index in [1.165, 1.54) is 12.0 Å². The summed E-state index contributed by atoms with van der Waals surface area (Å²) in [6.07, 6.45) is 0.458. The van der Waals surface area contributed by atoms with Gasteiger partial charge in [0.2, 0.25) is 0 Å². The second-order valence-electron chi connectivity index (χ2n) is 5.06. The molecule has 4 nitrogen and oxygen atoms in total. The Morgan fingerprint density at radius 1 is 1.18 bits per heavy atom. The van der Waals surface area contributed by atoms with Gasteiger partial charge < -0.3 is 4.74 Å². The predicted octanol–water partition coefficient (Wildman–Crippen LogP) is 3.19. The van der Waals surface area contributed by atoms with Gasteiger partial charge in [-0.05, 0) is 35.9 Å². The standard InChI is InChI=1S/C17H14BrNO3/c1-22-17(21)15-10-12-9-13(18)7-8-14(12)19(15)16(20)11-5-3-2-4-6-11/h2-9,15H,10H2,1H3. The Hall–Kier alpha value is -2.14. The minimum atomic E-state index is -0.623. The average Bonchev–Trinajstić information content (AvgIpc) is 2.92. The van der Waals surface area contributed by atoms with E-state index < -0.39 is 12.0 Å². The highest BCUT2D eigenvalue weighted by Gasteiger charge is 2.39. The third-order valence-electron chi connectivity index (χ3n) is 3.74. The summed E-state index contributed by atoms with van der Waals surface area (Å²) >= 11 is 3.42. The highest BCUT2D eigenvalue weighted by atomic mass is 79.9. The van der Waals surface area contributed by atoms with Gasteiger partial charge in [-0.1, -0.05) is 34.1 Å². The Morgan fingerprint density at radius 3 is 2.59 bits per heavy atom. The number of esters is 1. The summed E-state index contributed by atoms with van der Waals surface area (Å²) in [7, 11) is 1.34. The first-order valence-corrected chi connectivity index (χ1v) is 7.66. The molecule has 1 unspecified atom stereocenters. The molecular formula is C17H14BrNO3. The van der Waals surface area contributed by atoms with Crippen molar-refractivity contribution in [2.24, 2.45) is 0 Å². The first kappa shape index (κ1) is 14.8. The number of anilines is 1. The second-order valence-corrected chi connectivity index (χ2v) is 5.97. The van der Waals surface area contributed by atoms with Crippen LogP contribution in [0.2, 0.25) is 0 Å². The summed E-state index contributed by atoms with van der Waals surface area (Å²) in [6.45, 7) is 0. The van der Waals surface area contributed by atoms with Crippen molar-refractivity contribution in [2.45, 2.75) is 12.5 Å². The van der Waals surface area contributed by atoms with Gasteiger partial charge in [-0.25, -0.2) is 4.79 Å². The van der Waals surface area contributed by atoms with Crippen LogP contribution in [0.3, 0.4) is 0 Å². The van der Waals surface area contributed by atoms with Crippen molar-refractivity contribution in [3.8, 4) is 0 Å². The molecule has 112 valence electrons. The minimum absolute atomic E-state index is 0.197. The Kier molecular flexibility index (Phi) is 3.98. The number of hydrogen-bond acceptors (Lipinski definition) is 3. The van der Waals surface area contributed by atoms with Crippen molar-refractivity contribution < 1.29 is 14.3 Å². The minimum Gasteiger partial charge on any atom is -0.467 e. The van der Waals surface area contributed by atoms with Gasteiger partial charge in [-0.2, -0.15) is 0 Å². The van der Waals surface area contributed by atoms with Gasteiger partial charge >= 0.3 is 5.97 Å². The fourth-order valence-corrected chi connectivity index (χ4v) is 3.12. The molecule has 0 N–H and O–H groups in total. The molecule has 0 bridgehead atoms. The van der Waals surface area contributed by atoms with E-state index in [0.29, 0.717) is 12.0 Å². The zero-order chi connectivity index (χ0) is 15.7. The van der Waals surface area contributed by atoms with E-state index in [0.717, 1.165) is 15.7 Å². The van der Waals surface area contributed by atoms with Gasteiger partial charge in [0.25, 0.3) is 5.91 Å². The molecule has 0 radical (unpaired) electrons. The molecular weight excluding hydrogens is 346 g/mol. The van der Waals surface area contributed by atoms with Crippen LogP contribution in [-0.4, -0.2) is 25.0 Å². The van der Waals surface area contributed by atoms with Gasteiger partial charge in [0.15, 0.2) is 0 Å². The maximum absolute atomic E-state index is 12.8. The molecule has 1 aliphatic heterocycles. The van der Waals surface area contributed by atoms with Crippen molar-refractivity contribution >= 4 is 33.5 Å². The molecule has 0 saturated heterocycles. The number of hydrogen-bond donors (Lipinski definition) is 0. The highest BCUT2D eigenvalue weighted by Crippen LogP contribution is 2.35. The Balaban J connectivity index is 2.05. The second kappa shape index (κ2) is 5.93. The zero-order valence-electron chi connectivity index (χ0n) is 12.0. The number of benzene rings is 2. The lowest BCUT2D eigenvalue weighted by Crippen LogP contribution is -2.43. The maximum Gasteiger partial charge on any atom is 0.329 e. The topological polar surface area (TPSA) is 46.6 Å². The van der Waals surface area contributed by atoms with Crippen molar-refractivity contribution in [1.82, 2.24) is 0 Å². The van der Waals surface area contributed by atoms with Gasteiger partial charge in [0.05, 0.1) is 7.11 Å². The number of amides is 1. The summed E-state index contributed by atoms with van der Waals surface area (Å²) in [4.78, 5) is 26.4. The third-order valence-corrected chi connectivity index (χ3v) is 4.23. The molecule has 3 rings (SSSR count). The molecule has 1 atom stereocenters. The van der Waals surface area contributed by atoms with Crippen LogP contribution in [0.5, 0.6) is 0 Å². The maximum atomic E-state index is 12.8. The number of halogens is 1. The van der Waals surface area contributed by atoms with Crippen molar-refractivity contribution in [3.63, 3.8) is 0 Å². The van der Waals surface area contributed by atoms with Crippen LogP contribution in [0.25, 0.3) is 0 Å². The molecule has 22 heavy (non-hydrogen) atoms. The van der Waals surface area contributed by atoms with E-state index in [9.17, 15) is 9.59 Å². The fraction of sp³-hybridized carbons (Fsp3) is 0.176. The molecule has 0 aliphatic carbocycles. The number of ether oxygens (including phenoxy) is 1. The van der Waals surface area contributed by atoms with E-state index in [1.807, 2.05) is 24.3 Å². The van der Waals surface area contributed by atoms with Gasteiger partial charge in [0, 0.05) is 22.1 Å². The molecule has 2 aromatic carbocycles. The predicted molar refractivity (Wildman–Crippen MR) is 86.9 cm³/mol. The van der Waals surface area contributed by atoms with E-state index in [-0.39, 0.29) is 5.91 Å². The average molecular weight is 360 g/mol. The first-order chi connectivity index (χ1) is 10.6. The molecule has 1 heterocycles. The molecule has 0 aromatic heterocycles. The van der Waals surface area contributed by atoms with Crippen LogP contribution < -0.4 is 4.90 Å². The number of fused-ring (bicyclic) bond motifs is 1. The molecule has 0 saturated carbocycles. The number of carbonyl (C=O) groups excluding carboxylic acids is 2. The quantitative estimate of drug-likeness (QED) is 0.773. The first-order valence-electron chi connectivity index (χ1n) is 6.86. The van der Waals surface area contributed by atoms with Crippen LogP contribution in [0.1, 0.15) is 15.9 Å². The van der Waals surface area contributed by atoms with Crippen LogP contribution in [0.4, 0.5) is 5.69 Å². The lowest BCUT2D eigenvalue weighted by atomic mass is 10.1. The van der Waals surface area contributed by atoms with Crippen LogP contribution in [-0.2, 0) is 16.0 Å². The summed E-state index contributed by atoms with van der Waals surface area (Å²) < 4.78 is 5.79. The fourth-order valence-electron chi connectivity index (χ4n) is 2.72. The van der Waals surface area contributed by atoms with Gasteiger partial charge in [0.1, 0.15) is 6.04 Å². The highest BCUT2D eigenvalue weighted by molar-refractivity contribution is 9.10. The molecule has 5 heteroatoms. The van der Waals surface area contributed by atoms with Crippen LogP contribution in [0, 0.1) is 0 Å². The van der Waals surface area contributed by atoms with Crippen molar-refractivity contribution in [2.75, 3.05) is 12.0 Å². The van der Waals surface area contributed by atoms with Crippen LogP contribution >= 0.6 is 15.9 Å². The number of nitrogens with zero attached hydrogens (tertiary/aromatic N) is 1. The van der Waals surface area contributed by atoms with Crippen molar-refractivity contribution in [3.05, 3.63) is 64.1 Å². The van der Waals surface area contributed by atoms with E-state index in [2.05, 4.69) is 15.9 Å². The Bertz CT molecular complexity index is 730. The van der Waals surface area contributed by atoms with Gasteiger partial charge in [-0.15, -0.1) is 0 Å². The zero-order valence-corrected chi connectivity index (χ0v) is 13.5. The van der Waals surface area contributed by atoms with E-state index >= 15 is 0 Å². The number of methoxy groups -OCH3 is 1. The Labute approximate surface area is 136 Å². The Morgan fingerprint density at radius 2 is 1.91 bits per heavy atom. The molecule has 2 aromatic rings. The summed E-state index contributed by atoms with van der Waals surface area (Å²) in [5, 5.41) is 0. The van der Waals surface area contributed by atoms with Crippen molar-refractivity contribution in [1.29, 1.82) is 0 Å². The number of carbonyl (C=O) groups is 2. The summed E-state index contributed by atoms with van der Waals surface area (Å²) in [6, 6.07) is 14.0. The lowest BCUT2D eigenvalue weighted by Gasteiger charge is -2.23. The largest absolute Gasteiger partial charge is 0.467 e. The molecule has 1 amide bonds. The molecule has 1 aliphatic rings. The smallest absolute Gasteiger partial charge is 0.329 e. The number of rotatable bonds is 2. The molecule has 0 fully saturated rings. The lowest BCUT2D eigenvalue weighted by molar-refractivity contribution is -0.141. The third kappa shape index (κ3) is 2.52. The molecule has 0 spiro atoms. The van der Waals surface area contributed by atoms with E-state index in [4.69, 9.17) is 4.74 Å². The monoisotopic (exact) mass is 359 g/mol. The normalized spacial score (nSPS) is 16.3. The summed E-state index contributed by atoms with van der Waals surface area (Å²) in [5.74, 6) is -0.603.